The largest absolute Gasteiger partial charge is 0.397 e. The standard InChI is InChI=1S/C16H20Br2N2O2/c1-2-20(11-6-4-3-5-7-11)16(22)15(21)10-8-12(17)14(19)13(18)9-10/h8-9,11H,2-7,19H2,1H3. The van der Waals surface area contributed by atoms with E-state index >= 15 is 0 Å². The fourth-order valence-corrected chi connectivity index (χ4v) is 4.12. The minimum absolute atomic E-state index is 0.191. The summed E-state index contributed by atoms with van der Waals surface area (Å²) in [6, 6.07) is 3.40. The summed E-state index contributed by atoms with van der Waals surface area (Å²) in [5.41, 5.74) is 6.70. The van der Waals surface area contributed by atoms with Crippen LogP contribution in [0.3, 0.4) is 0 Å². The molecule has 2 rings (SSSR count). The lowest BCUT2D eigenvalue weighted by molar-refractivity contribution is -0.129. The highest BCUT2D eigenvalue weighted by Gasteiger charge is 2.29. The molecule has 0 bridgehead atoms. The maximum absolute atomic E-state index is 12.6. The van der Waals surface area contributed by atoms with Gasteiger partial charge in [-0.2, -0.15) is 0 Å². The van der Waals surface area contributed by atoms with E-state index in [-0.39, 0.29) is 6.04 Å². The summed E-state index contributed by atoms with van der Waals surface area (Å²) < 4.78 is 1.22. The van der Waals surface area contributed by atoms with Gasteiger partial charge in [-0.15, -0.1) is 0 Å². The van der Waals surface area contributed by atoms with Gasteiger partial charge in [0.05, 0.1) is 5.69 Å². The van der Waals surface area contributed by atoms with Gasteiger partial charge < -0.3 is 10.6 Å². The molecule has 2 N–H and O–H groups in total. The summed E-state index contributed by atoms with van der Waals surface area (Å²) in [5.74, 6) is -0.896. The van der Waals surface area contributed by atoms with Gasteiger partial charge in [0.1, 0.15) is 0 Å². The van der Waals surface area contributed by atoms with Gasteiger partial charge in [-0.3, -0.25) is 9.59 Å². The summed E-state index contributed by atoms with van der Waals surface area (Å²) in [4.78, 5) is 26.8. The summed E-state index contributed by atoms with van der Waals surface area (Å²) in [7, 11) is 0. The second-order valence-electron chi connectivity index (χ2n) is 5.57. The number of anilines is 1. The van der Waals surface area contributed by atoms with E-state index in [0.717, 1.165) is 25.7 Å². The Kier molecular flexibility index (Phi) is 6.03. The number of hydrogen-bond acceptors (Lipinski definition) is 3. The highest BCUT2D eigenvalue weighted by molar-refractivity contribution is 9.11. The highest BCUT2D eigenvalue weighted by Crippen LogP contribution is 2.30. The number of likely N-dealkylation sites (N-methyl/N-ethyl adjacent to an activating group) is 1. The Morgan fingerprint density at radius 1 is 1.18 bits per heavy atom. The van der Waals surface area contributed by atoms with Gasteiger partial charge in [-0.1, -0.05) is 19.3 Å². The molecule has 0 saturated heterocycles. The van der Waals surface area contributed by atoms with Gasteiger partial charge >= 0.3 is 0 Å². The Morgan fingerprint density at radius 2 is 1.73 bits per heavy atom. The molecule has 0 atom stereocenters. The number of benzene rings is 1. The average molecular weight is 432 g/mol. The molecule has 1 saturated carbocycles. The normalized spacial score (nSPS) is 15.6. The second-order valence-corrected chi connectivity index (χ2v) is 7.27. The number of nitrogen functional groups attached to an aromatic ring is 1. The first-order valence-corrected chi connectivity index (χ1v) is 9.14. The minimum atomic E-state index is -0.478. The number of nitrogens with two attached hydrogens (primary N) is 1. The van der Waals surface area contributed by atoms with Gasteiger partial charge in [0.25, 0.3) is 5.91 Å². The third-order valence-electron chi connectivity index (χ3n) is 4.15. The van der Waals surface area contributed by atoms with Crippen molar-refractivity contribution in [1.29, 1.82) is 0 Å². The van der Waals surface area contributed by atoms with Crippen molar-refractivity contribution in [3.8, 4) is 0 Å². The van der Waals surface area contributed by atoms with Crippen molar-refractivity contribution in [2.24, 2.45) is 0 Å². The van der Waals surface area contributed by atoms with E-state index in [9.17, 15) is 9.59 Å². The Labute approximate surface area is 147 Å². The van der Waals surface area contributed by atoms with Crippen molar-refractivity contribution < 1.29 is 9.59 Å². The Bertz CT molecular complexity index is 561. The van der Waals surface area contributed by atoms with Crippen LogP contribution in [0.25, 0.3) is 0 Å². The Hall–Kier alpha value is -0.880. The van der Waals surface area contributed by atoms with Crippen LogP contribution >= 0.6 is 31.9 Å². The van der Waals surface area contributed by atoms with Crippen LogP contribution in [0.1, 0.15) is 49.4 Å². The van der Waals surface area contributed by atoms with E-state index in [4.69, 9.17) is 5.73 Å². The molecule has 1 aliphatic rings. The first-order valence-electron chi connectivity index (χ1n) is 7.55. The fourth-order valence-electron chi connectivity index (χ4n) is 2.93. The van der Waals surface area contributed by atoms with Gasteiger partial charge in [0.15, 0.2) is 0 Å². The first kappa shape index (κ1) is 17.5. The summed E-state index contributed by atoms with van der Waals surface area (Å²) in [6.45, 7) is 2.49. The van der Waals surface area contributed by atoms with Crippen LogP contribution in [0.2, 0.25) is 0 Å². The van der Waals surface area contributed by atoms with Crippen LogP contribution < -0.4 is 5.73 Å². The molecule has 4 nitrogen and oxygen atoms in total. The number of ketones is 1. The molecule has 0 unspecified atom stereocenters. The van der Waals surface area contributed by atoms with Crippen molar-refractivity contribution in [1.82, 2.24) is 4.90 Å². The third kappa shape index (κ3) is 3.71. The molecular formula is C16H20Br2N2O2. The van der Waals surface area contributed by atoms with Crippen molar-refractivity contribution in [2.45, 2.75) is 45.1 Å². The lowest BCUT2D eigenvalue weighted by Crippen LogP contribution is -2.44. The van der Waals surface area contributed by atoms with E-state index in [1.165, 1.54) is 6.42 Å². The predicted molar refractivity (Wildman–Crippen MR) is 94.8 cm³/mol. The fraction of sp³-hybridized carbons (Fsp3) is 0.500. The quantitative estimate of drug-likeness (QED) is 0.442. The number of Topliss-reactive ketones (excluding diaryl/α,β-unsaturated/α-hetero) is 1. The van der Waals surface area contributed by atoms with Crippen LogP contribution in [0, 0.1) is 0 Å². The maximum atomic E-state index is 12.6. The third-order valence-corrected chi connectivity index (χ3v) is 5.46. The van der Waals surface area contributed by atoms with Crippen molar-refractivity contribution in [3.63, 3.8) is 0 Å². The number of nitrogens with zero attached hydrogens (tertiary/aromatic N) is 1. The SMILES string of the molecule is CCN(C(=O)C(=O)c1cc(Br)c(N)c(Br)c1)C1CCCCC1. The molecule has 0 radical (unpaired) electrons. The zero-order valence-corrected chi connectivity index (χ0v) is 15.7. The average Bonchev–Trinajstić information content (AvgIpc) is 2.53. The molecule has 1 aliphatic carbocycles. The summed E-state index contributed by atoms with van der Waals surface area (Å²) in [6.07, 6.45) is 5.45. The van der Waals surface area contributed by atoms with Crippen LogP contribution in [0.15, 0.2) is 21.1 Å². The zero-order valence-electron chi connectivity index (χ0n) is 12.6. The van der Waals surface area contributed by atoms with Crippen LogP contribution in [-0.4, -0.2) is 29.2 Å². The molecule has 0 heterocycles. The molecule has 0 spiro atoms. The van der Waals surface area contributed by atoms with E-state index in [1.54, 1.807) is 17.0 Å². The monoisotopic (exact) mass is 430 g/mol. The molecule has 1 aromatic carbocycles. The van der Waals surface area contributed by atoms with Gasteiger partial charge in [-0.25, -0.2) is 0 Å². The van der Waals surface area contributed by atoms with Crippen molar-refractivity contribution in [2.75, 3.05) is 12.3 Å². The zero-order chi connectivity index (χ0) is 16.3. The molecule has 1 fully saturated rings. The van der Waals surface area contributed by atoms with Crippen LogP contribution in [-0.2, 0) is 4.79 Å². The molecule has 120 valence electrons. The number of hydrogen-bond donors (Lipinski definition) is 1. The molecule has 0 aliphatic heterocycles. The number of carbonyl (C=O) groups is 2. The summed E-state index contributed by atoms with van der Waals surface area (Å²) >= 11 is 6.63. The maximum Gasteiger partial charge on any atom is 0.295 e. The molecule has 6 heteroatoms. The number of amides is 1. The Balaban J connectivity index is 2.21. The van der Waals surface area contributed by atoms with Crippen LogP contribution in [0.4, 0.5) is 5.69 Å². The lowest BCUT2D eigenvalue weighted by atomic mass is 9.93. The molecular weight excluding hydrogens is 412 g/mol. The molecule has 1 amide bonds. The topological polar surface area (TPSA) is 63.4 Å². The molecule has 0 aromatic heterocycles. The first-order chi connectivity index (χ1) is 10.5. The van der Waals surface area contributed by atoms with E-state index < -0.39 is 11.7 Å². The van der Waals surface area contributed by atoms with E-state index in [0.29, 0.717) is 26.7 Å². The van der Waals surface area contributed by atoms with Crippen molar-refractivity contribution in [3.05, 3.63) is 26.6 Å². The molecule has 22 heavy (non-hydrogen) atoms. The smallest absolute Gasteiger partial charge is 0.295 e. The number of rotatable bonds is 4. The van der Waals surface area contributed by atoms with Crippen LogP contribution in [0.5, 0.6) is 0 Å². The van der Waals surface area contributed by atoms with Gasteiger partial charge in [0, 0.05) is 27.1 Å². The predicted octanol–water partition coefficient (Wildman–Crippen LogP) is 4.16. The second kappa shape index (κ2) is 7.59. The lowest BCUT2D eigenvalue weighted by Gasteiger charge is -2.33. The Morgan fingerprint density at radius 3 is 2.23 bits per heavy atom. The molecule has 1 aromatic rings. The highest BCUT2D eigenvalue weighted by atomic mass is 79.9. The van der Waals surface area contributed by atoms with Gasteiger partial charge in [-0.05, 0) is 63.8 Å². The van der Waals surface area contributed by atoms with Gasteiger partial charge in [0.2, 0.25) is 5.78 Å². The van der Waals surface area contributed by atoms with Crippen molar-refractivity contribution >= 4 is 49.2 Å². The summed E-state index contributed by atoms with van der Waals surface area (Å²) in [5, 5.41) is 0. The van der Waals surface area contributed by atoms with E-state index in [2.05, 4.69) is 31.9 Å². The number of halogens is 2. The van der Waals surface area contributed by atoms with E-state index in [1.807, 2.05) is 6.92 Å². The number of carbonyl (C=O) groups excluding carboxylic acids is 2. The minimum Gasteiger partial charge on any atom is -0.397 e.